The van der Waals surface area contributed by atoms with E-state index >= 15 is 0 Å². The number of amides is 1. The van der Waals surface area contributed by atoms with Crippen molar-refractivity contribution in [1.82, 2.24) is 14.7 Å². The maximum atomic E-state index is 12.5. The highest BCUT2D eigenvalue weighted by Gasteiger charge is 2.19. The molecule has 0 aromatic heterocycles. The molecular weight excluding hydrogens is 396 g/mol. The van der Waals surface area contributed by atoms with Gasteiger partial charge in [-0.3, -0.25) is 14.6 Å². The molecule has 6 heteroatoms. The third kappa shape index (κ3) is 5.82. The van der Waals surface area contributed by atoms with Crippen LogP contribution in [0.4, 0.5) is 5.69 Å². The average molecular weight is 427 g/mol. The Morgan fingerprint density at radius 1 is 0.833 bits per heavy atom. The van der Waals surface area contributed by atoms with E-state index in [1.807, 2.05) is 24.3 Å². The fourth-order valence-corrected chi connectivity index (χ4v) is 4.53. The van der Waals surface area contributed by atoms with Gasteiger partial charge in [-0.2, -0.15) is 0 Å². The van der Waals surface area contributed by atoms with Gasteiger partial charge in [0.2, 0.25) is 0 Å². The summed E-state index contributed by atoms with van der Waals surface area (Å²) in [6, 6.07) is 15.2. The van der Waals surface area contributed by atoms with Crippen LogP contribution in [0.25, 0.3) is 0 Å². The number of likely N-dealkylation sites (tertiary alicyclic amines) is 1. The maximum Gasteiger partial charge on any atom is 0.257 e. The molecule has 30 heavy (non-hydrogen) atoms. The molecule has 2 aromatic carbocycles. The SMILES string of the molecule is O=C(Nc1cccc(CN2CCN(CCN3CCCC3)CC2)c1)c1ccccc1Cl. The van der Waals surface area contributed by atoms with Crippen molar-refractivity contribution >= 4 is 23.2 Å². The number of nitrogens with one attached hydrogen (secondary N) is 1. The van der Waals surface area contributed by atoms with Gasteiger partial charge in [-0.15, -0.1) is 0 Å². The Morgan fingerprint density at radius 2 is 1.50 bits per heavy atom. The molecule has 2 heterocycles. The van der Waals surface area contributed by atoms with Gasteiger partial charge < -0.3 is 10.2 Å². The molecule has 0 aliphatic carbocycles. The quantitative estimate of drug-likeness (QED) is 0.730. The van der Waals surface area contributed by atoms with Crippen molar-refractivity contribution < 1.29 is 4.79 Å². The minimum absolute atomic E-state index is 0.177. The van der Waals surface area contributed by atoms with Crippen LogP contribution in [-0.4, -0.2) is 73.0 Å². The summed E-state index contributed by atoms with van der Waals surface area (Å²) in [6.07, 6.45) is 2.73. The molecule has 4 rings (SSSR count). The molecule has 2 aliphatic heterocycles. The molecule has 1 amide bonds. The van der Waals surface area contributed by atoms with Crippen molar-refractivity contribution in [2.45, 2.75) is 19.4 Å². The number of rotatable bonds is 7. The van der Waals surface area contributed by atoms with E-state index in [1.165, 1.54) is 44.6 Å². The Morgan fingerprint density at radius 3 is 2.23 bits per heavy atom. The van der Waals surface area contributed by atoms with Crippen molar-refractivity contribution in [1.29, 1.82) is 0 Å². The predicted octanol–water partition coefficient (Wildman–Crippen LogP) is 3.81. The number of piperazine rings is 1. The number of benzene rings is 2. The first-order chi connectivity index (χ1) is 14.7. The lowest BCUT2D eigenvalue weighted by molar-refractivity contribution is 0.102. The first-order valence-corrected chi connectivity index (χ1v) is 11.4. The number of anilines is 1. The summed E-state index contributed by atoms with van der Waals surface area (Å²) >= 11 is 6.14. The third-order valence-electron chi connectivity index (χ3n) is 6.11. The van der Waals surface area contributed by atoms with Gasteiger partial charge in [0.15, 0.2) is 0 Å². The molecule has 0 bridgehead atoms. The predicted molar refractivity (Wildman–Crippen MR) is 123 cm³/mol. The second kappa shape index (κ2) is 10.4. The average Bonchev–Trinajstić information content (AvgIpc) is 3.27. The molecule has 160 valence electrons. The molecule has 0 atom stereocenters. The Kier molecular flexibility index (Phi) is 7.39. The summed E-state index contributed by atoms with van der Waals surface area (Å²) < 4.78 is 0. The van der Waals surface area contributed by atoms with E-state index in [4.69, 9.17) is 11.6 Å². The largest absolute Gasteiger partial charge is 0.322 e. The highest BCUT2D eigenvalue weighted by atomic mass is 35.5. The van der Waals surface area contributed by atoms with Gasteiger partial charge in [0, 0.05) is 51.5 Å². The lowest BCUT2D eigenvalue weighted by atomic mass is 10.1. The van der Waals surface area contributed by atoms with Crippen LogP contribution in [0, 0.1) is 0 Å². The fourth-order valence-electron chi connectivity index (χ4n) is 4.31. The summed E-state index contributed by atoms with van der Waals surface area (Å²) in [7, 11) is 0. The summed E-state index contributed by atoms with van der Waals surface area (Å²) in [4.78, 5) is 20.2. The molecule has 2 saturated heterocycles. The van der Waals surface area contributed by atoms with E-state index < -0.39 is 0 Å². The van der Waals surface area contributed by atoms with Crippen LogP contribution in [0.2, 0.25) is 5.02 Å². The Balaban J connectivity index is 1.25. The summed E-state index contributed by atoms with van der Waals surface area (Å²) in [5.41, 5.74) is 2.52. The fraction of sp³-hybridized carbons (Fsp3) is 0.458. The number of carbonyl (C=O) groups is 1. The molecule has 5 nitrogen and oxygen atoms in total. The van der Waals surface area contributed by atoms with E-state index in [1.54, 1.807) is 12.1 Å². The van der Waals surface area contributed by atoms with Crippen LogP contribution in [-0.2, 0) is 6.54 Å². The molecule has 2 aromatic rings. The Labute approximate surface area is 184 Å². The van der Waals surface area contributed by atoms with E-state index in [2.05, 4.69) is 32.1 Å². The lowest BCUT2D eigenvalue weighted by Crippen LogP contribution is -2.47. The lowest BCUT2D eigenvalue weighted by Gasteiger charge is -2.35. The van der Waals surface area contributed by atoms with Crippen LogP contribution in [0.3, 0.4) is 0 Å². The summed E-state index contributed by atoms with van der Waals surface area (Å²) in [6.45, 7) is 10.3. The van der Waals surface area contributed by atoms with Crippen molar-refractivity contribution in [2.24, 2.45) is 0 Å². The van der Waals surface area contributed by atoms with Gasteiger partial charge in [-0.05, 0) is 55.8 Å². The summed E-state index contributed by atoms with van der Waals surface area (Å²) in [5.74, 6) is -0.177. The Bertz CT molecular complexity index is 845. The zero-order valence-corrected chi connectivity index (χ0v) is 18.3. The van der Waals surface area contributed by atoms with Gasteiger partial charge in [-0.1, -0.05) is 35.9 Å². The molecule has 1 N–H and O–H groups in total. The number of halogens is 1. The monoisotopic (exact) mass is 426 g/mol. The molecule has 0 radical (unpaired) electrons. The van der Waals surface area contributed by atoms with Crippen LogP contribution < -0.4 is 5.32 Å². The smallest absolute Gasteiger partial charge is 0.257 e. The number of hydrogen-bond acceptors (Lipinski definition) is 4. The zero-order chi connectivity index (χ0) is 20.8. The van der Waals surface area contributed by atoms with Gasteiger partial charge in [0.05, 0.1) is 10.6 Å². The van der Waals surface area contributed by atoms with Gasteiger partial charge in [0.25, 0.3) is 5.91 Å². The van der Waals surface area contributed by atoms with Crippen molar-refractivity contribution in [2.75, 3.05) is 57.7 Å². The Hall–Kier alpha value is -1.92. The van der Waals surface area contributed by atoms with Crippen LogP contribution in [0.5, 0.6) is 0 Å². The van der Waals surface area contributed by atoms with Gasteiger partial charge >= 0.3 is 0 Å². The summed E-state index contributed by atoms with van der Waals surface area (Å²) in [5, 5.41) is 3.44. The third-order valence-corrected chi connectivity index (χ3v) is 6.44. The minimum atomic E-state index is -0.177. The zero-order valence-electron chi connectivity index (χ0n) is 17.5. The van der Waals surface area contributed by atoms with E-state index in [0.717, 1.165) is 38.4 Å². The van der Waals surface area contributed by atoms with Crippen molar-refractivity contribution in [3.05, 3.63) is 64.7 Å². The van der Waals surface area contributed by atoms with Gasteiger partial charge in [0.1, 0.15) is 0 Å². The highest BCUT2D eigenvalue weighted by Crippen LogP contribution is 2.19. The first-order valence-electron chi connectivity index (χ1n) is 11.0. The van der Waals surface area contributed by atoms with Crippen LogP contribution >= 0.6 is 11.6 Å². The first kappa shape index (κ1) is 21.3. The standard InChI is InChI=1S/C24H31ClN4O/c25-23-9-2-1-8-22(23)24(30)26-21-7-5-6-20(18-21)19-29-16-14-28(15-17-29)13-12-27-10-3-4-11-27/h1-2,5-9,18H,3-4,10-17,19H2,(H,26,30). The van der Waals surface area contributed by atoms with E-state index in [0.29, 0.717) is 10.6 Å². The van der Waals surface area contributed by atoms with E-state index in [-0.39, 0.29) is 5.91 Å². The molecule has 2 fully saturated rings. The normalized spacial score (nSPS) is 18.6. The van der Waals surface area contributed by atoms with Crippen LogP contribution in [0.1, 0.15) is 28.8 Å². The minimum Gasteiger partial charge on any atom is -0.322 e. The van der Waals surface area contributed by atoms with E-state index in [9.17, 15) is 4.79 Å². The second-order valence-electron chi connectivity index (χ2n) is 8.30. The highest BCUT2D eigenvalue weighted by molar-refractivity contribution is 6.34. The molecule has 2 aliphatic rings. The molecular formula is C24H31ClN4O. The van der Waals surface area contributed by atoms with Crippen molar-refractivity contribution in [3.8, 4) is 0 Å². The van der Waals surface area contributed by atoms with Crippen molar-refractivity contribution in [3.63, 3.8) is 0 Å². The topological polar surface area (TPSA) is 38.8 Å². The molecule has 0 unspecified atom stereocenters. The maximum absolute atomic E-state index is 12.5. The second-order valence-corrected chi connectivity index (χ2v) is 8.71. The molecule has 0 spiro atoms. The number of nitrogens with zero attached hydrogens (tertiary/aromatic N) is 3. The van der Waals surface area contributed by atoms with Gasteiger partial charge in [-0.25, -0.2) is 0 Å². The van der Waals surface area contributed by atoms with Crippen LogP contribution in [0.15, 0.2) is 48.5 Å². The number of hydrogen-bond donors (Lipinski definition) is 1. The number of carbonyl (C=O) groups excluding carboxylic acids is 1. The molecule has 0 saturated carbocycles.